The van der Waals surface area contributed by atoms with Crippen LogP contribution >= 0.6 is 15.9 Å². The van der Waals surface area contributed by atoms with Crippen molar-refractivity contribution < 1.29 is 14.8 Å². The van der Waals surface area contributed by atoms with Gasteiger partial charge in [0.2, 0.25) is 0 Å². The van der Waals surface area contributed by atoms with Crippen molar-refractivity contribution in [2.24, 2.45) is 0 Å². The van der Waals surface area contributed by atoms with Gasteiger partial charge in [-0.1, -0.05) is 15.9 Å². The van der Waals surface area contributed by atoms with Gasteiger partial charge < -0.3 is 10.4 Å². The molecule has 0 aliphatic heterocycles. The van der Waals surface area contributed by atoms with Crippen LogP contribution in [0.5, 0.6) is 0 Å². The van der Waals surface area contributed by atoms with Crippen molar-refractivity contribution in [3.8, 4) is 0 Å². The van der Waals surface area contributed by atoms with Crippen LogP contribution in [0.1, 0.15) is 5.56 Å². The van der Waals surface area contributed by atoms with Gasteiger partial charge in [0.1, 0.15) is 12.2 Å². The molecule has 8 heteroatoms. The summed E-state index contributed by atoms with van der Waals surface area (Å²) in [5.74, 6) is -1.07. The summed E-state index contributed by atoms with van der Waals surface area (Å²) in [7, 11) is 0. The van der Waals surface area contributed by atoms with Gasteiger partial charge in [-0.3, -0.25) is 14.9 Å². The average Bonchev–Trinajstić information content (AvgIpc) is 2.18. The molecule has 0 fully saturated rings. The van der Waals surface area contributed by atoms with E-state index in [2.05, 4.69) is 21.2 Å². The Labute approximate surface area is 128 Å². The van der Waals surface area contributed by atoms with E-state index in [-0.39, 0.29) is 47.5 Å². The molecule has 17 heavy (non-hydrogen) atoms. The second kappa shape index (κ2) is 6.95. The van der Waals surface area contributed by atoms with Crippen LogP contribution in [-0.2, 0) is 4.79 Å². The van der Waals surface area contributed by atoms with E-state index in [1.165, 1.54) is 12.1 Å². The zero-order valence-corrected chi connectivity index (χ0v) is 9.94. The minimum atomic E-state index is -1.07. The van der Waals surface area contributed by atoms with Gasteiger partial charge in [-0.2, -0.15) is 0 Å². The molecular weight excluding hydrogens is 303 g/mol. The molecule has 0 amide bonds. The molecule has 0 aromatic heterocycles. The van der Waals surface area contributed by atoms with Crippen molar-refractivity contribution in [3.63, 3.8) is 0 Å². The van der Waals surface area contributed by atoms with Crippen LogP contribution in [0.3, 0.4) is 0 Å². The third-order valence-electron chi connectivity index (χ3n) is 1.90. The van der Waals surface area contributed by atoms with Crippen LogP contribution in [0.4, 0.5) is 11.4 Å². The number of nitrogens with zero attached hydrogens (tertiary/aromatic N) is 1. The third-order valence-corrected chi connectivity index (χ3v) is 2.76. The molecule has 0 atom stereocenters. The van der Waals surface area contributed by atoms with E-state index in [0.29, 0.717) is 4.47 Å². The molecule has 1 aromatic carbocycles. The Hall–Kier alpha value is -0.630. The number of nitro groups is 1. The van der Waals surface area contributed by atoms with E-state index in [9.17, 15) is 14.9 Å². The van der Waals surface area contributed by atoms with Crippen LogP contribution in [-0.4, -0.2) is 52.1 Å². The molecule has 0 aliphatic carbocycles. The second-order valence-corrected chi connectivity index (χ2v) is 3.98. The molecule has 0 heterocycles. The van der Waals surface area contributed by atoms with Crippen LogP contribution < -0.4 is 5.32 Å². The van der Waals surface area contributed by atoms with Crippen molar-refractivity contribution >= 4 is 62.8 Å². The fourth-order valence-electron chi connectivity index (χ4n) is 1.13. The number of halogens is 1. The number of benzene rings is 1. The van der Waals surface area contributed by atoms with E-state index in [4.69, 9.17) is 5.11 Å². The number of carbonyl (C=O) groups is 1. The number of hydrogen-bond donors (Lipinski definition) is 2. The van der Waals surface area contributed by atoms with E-state index in [0.717, 1.165) is 5.56 Å². The molecule has 0 spiro atoms. The molecule has 0 radical (unpaired) electrons. The number of nitro benzene ring substituents is 1. The van der Waals surface area contributed by atoms with Crippen molar-refractivity contribution in [2.75, 3.05) is 11.9 Å². The number of nitrogens with one attached hydrogen (secondary N) is 1. The zero-order valence-electron chi connectivity index (χ0n) is 8.36. The first kappa shape index (κ1) is 16.4. The topological polar surface area (TPSA) is 92.5 Å². The Morgan fingerprint density at radius 1 is 1.59 bits per heavy atom. The van der Waals surface area contributed by atoms with E-state index in [1.807, 2.05) is 0 Å². The molecule has 0 unspecified atom stereocenters. The normalized spacial score (nSPS) is 9.29. The van der Waals surface area contributed by atoms with Crippen molar-refractivity contribution in [3.05, 3.63) is 32.3 Å². The first-order chi connectivity index (χ1) is 7.41. The Kier molecular flexibility index (Phi) is 6.69. The second-order valence-electron chi connectivity index (χ2n) is 3.12. The summed E-state index contributed by atoms with van der Waals surface area (Å²) in [4.78, 5) is 20.5. The first-order valence-electron chi connectivity index (χ1n) is 4.32. The number of rotatable bonds is 4. The van der Waals surface area contributed by atoms with Crippen molar-refractivity contribution in [1.29, 1.82) is 0 Å². The quantitative estimate of drug-likeness (QED) is 0.499. The summed E-state index contributed by atoms with van der Waals surface area (Å²) in [6.45, 7) is 1.40. The standard InChI is InChI=1S/C9H9BrN2O4.Na.H/c1-5-2-7(11-4-9(13)14)8(12(15)16)3-6(5)10;;/h2-3,11H,4H2,1H3,(H,13,14);;. The molecule has 0 bridgehead atoms. The molecular formula is C9H10BrN2NaO4. The minimum absolute atomic E-state index is 0. The maximum atomic E-state index is 10.7. The van der Waals surface area contributed by atoms with Crippen LogP contribution in [0.25, 0.3) is 0 Å². The molecule has 0 aliphatic rings. The average molecular weight is 313 g/mol. The van der Waals surface area contributed by atoms with Gasteiger partial charge in [0.05, 0.1) is 4.92 Å². The zero-order chi connectivity index (χ0) is 12.3. The molecule has 6 nitrogen and oxygen atoms in total. The fourth-order valence-corrected chi connectivity index (χ4v) is 1.47. The molecule has 1 aromatic rings. The summed E-state index contributed by atoms with van der Waals surface area (Å²) < 4.78 is 0.611. The van der Waals surface area contributed by atoms with Gasteiger partial charge >= 0.3 is 35.5 Å². The number of hydrogen-bond acceptors (Lipinski definition) is 4. The predicted molar refractivity (Wildman–Crippen MR) is 68.8 cm³/mol. The van der Waals surface area contributed by atoms with Gasteiger partial charge in [0, 0.05) is 10.5 Å². The summed E-state index contributed by atoms with van der Waals surface area (Å²) in [6.07, 6.45) is 0. The maximum absolute atomic E-state index is 10.7. The van der Waals surface area contributed by atoms with Gasteiger partial charge in [-0.05, 0) is 18.6 Å². The van der Waals surface area contributed by atoms with Gasteiger partial charge in [-0.25, -0.2) is 0 Å². The molecule has 0 saturated heterocycles. The summed E-state index contributed by atoms with van der Waals surface area (Å²) >= 11 is 3.18. The van der Waals surface area contributed by atoms with E-state index in [1.54, 1.807) is 6.92 Å². The summed E-state index contributed by atoms with van der Waals surface area (Å²) in [5, 5.41) is 21.7. The van der Waals surface area contributed by atoms with Crippen molar-refractivity contribution in [2.45, 2.75) is 6.92 Å². The third kappa shape index (κ3) is 4.63. The number of aliphatic carboxylic acids is 1. The number of carboxylic acids is 1. The van der Waals surface area contributed by atoms with E-state index >= 15 is 0 Å². The van der Waals surface area contributed by atoms with Gasteiger partial charge in [0.25, 0.3) is 5.69 Å². The Balaban J connectivity index is 0.00000256. The Morgan fingerprint density at radius 3 is 2.65 bits per heavy atom. The predicted octanol–water partition coefficient (Wildman–Crippen LogP) is 1.51. The number of carboxylic acid groups (broad SMARTS) is 1. The summed E-state index contributed by atoms with van der Waals surface area (Å²) in [5.41, 5.74) is 0.838. The number of anilines is 1. The van der Waals surface area contributed by atoms with Crippen LogP contribution in [0.2, 0.25) is 0 Å². The molecule has 88 valence electrons. The molecule has 1 rings (SSSR count). The fraction of sp³-hybridized carbons (Fsp3) is 0.222. The van der Waals surface area contributed by atoms with Gasteiger partial charge in [0.15, 0.2) is 0 Å². The summed E-state index contributed by atoms with van der Waals surface area (Å²) in [6, 6.07) is 2.88. The number of aryl methyl sites for hydroxylation is 1. The van der Waals surface area contributed by atoms with Crippen molar-refractivity contribution in [1.82, 2.24) is 0 Å². The monoisotopic (exact) mass is 312 g/mol. The van der Waals surface area contributed by atoms with Crippen LogP contribution in [0, 0.1) is 17.0 Å². The Bertz CT molecular complexity index is 453. The SMILES string of the molecule is Cc1cc(NCC(=O)O)c([N+](=O)[O-])cc1Br.[NaH]. The molecule has 0 saturated carbocycles. The van der Waals surface area contributed by atoms with Crippen LogP contribution in [0.15, 0.2) is 16.6 Å². The molecule has 2 N–H and O–H groups in total. The Morgan fingerprint density at radius 2 is 2.18 bits per heavy atom. The van der Waals surface area contributed by atoms with Gasteiger partial charge in [-0.15, -0.1) is 0 Å². The first-order valence-corrected chi connectivity index (χ1v) is 5.11. The van der Waals surface area contributed by atoms with E-state index < -0.39 is 10.9 Å².